The van der Waals surface area contributed by atoms with E-state index in [-0.39, 0.29) is 27.8 Å². The van der Waals surface area contributed by atoms with E-state index in [0.717, 1.165) is 17.3 Å². The number of thioether (sulfide) groups is 1. The van der Waals surface area contributed by atoms with E-state index >= 15 is 0 Å². The number of aromatic nitrogens is 1. The van der Waals surface area contributed by atoms with Crippen LogP contribution in [0.15, 0.2) is 90.0 Å². The summed E-state index contributed by atoms with van der Waals surface area (Å²) in [4.78, 5) is 17.9. The van der Waals surface area contributed by atoms with Gasteiger partial charge in [-0.15, -0.1) is 0 Å². The lowest BCUT2D eigenvalue weighted by Crippen LogP contribution is -2.11. The number of ketones is 1. The fraction of sp³-hybridized carbons (Fsp3) is 0.0370. The Labute approximate surface area is 206 Å². The number of pyridine rings is 1. The Kier molecular flexibility index (Phi) is 6.94. The van der Waals surface area contributed by atoms with Crippen LogP contribution in [-0.2, 0) is 0 Å². The van der Waals surface area contributed by atoms with Crippen LogP contribution in [0.5, 0.6) is 0 Å². The Hall–Kier alpha value is -4.10. The van der Waals surface area contributed by atoms with Gasteiger partial charge in [-0.2, -0.15) is 10.5 Å². The van der Waals surface area contributed by atoms with Crippen LogP contribution in [0, 0.1) is 22.7 Å². The first-order valence-electron chi connectivity index (χ1n) is 10.2. The van der Waals surface area contributed by atoms with E-state index in [4.69, 9.17) is 17.3 Å². The summed E-state index contributed by atoms with van der Waals surface area (Å²) in [5, 5.41) is 19.9. The highest BCUT2D eigenvalue weighted by atomic mass is 35.5. The first-order chi connectivity index (χ1) is 16.5. The number of carbonyl (C=O) groups is 1. The number of nitrogens with zero attached hydrogens (tertiary/aromatic N) is 3. The average molecular weight is 481 g/mol. The zero-order valence-corrected chi connectivity index (χ0v) is 19.3. The number of Topliss-reactive ketones (excluding diaryl/α,β-unsaturated/α-hetero) is 1. The lowest BCUT2D eigenvalue weighted by Gasteiger charge is -2.19. The van der Waals surface area contributed by atoms with Crippen molar-refractivity contribution in [2.45, 2.75) is 10.3 Å². The molecule has 4 rings (SSSR count). The van der Waals surface area contributed by atoms with Gasteiger partial charge in [-0.1, -0.05) is 96.2 Å². The Morgan fingerprint density at radius 3 is 2.18 bits per heavy atom. The van der Waals surface area contributed by atoms with E-state index < -0.39 is 5.25 Å². The molecule has 0 amide bonds. The van der Waals surface area contributed by atoms with Gasteiger partial charge in [-0.3, -0.25) is 4.79 Å². The van der Waals surface area contributed by atoms with E-state index in [1.165, 1.54) is 0 Å². The summed E-state index contributed by atoms with van der Waals surface area (Å²) in [7, 11) is 0. The molecule has 0 spiro atoms. The van der Waals surface area contributed by atoms with Crippen LogP contribution in [0.3, 0.4) is 0 Å². The topological polar surface area (TPSA) is 104 Å². The standard InChI is InChI=1S/C27H17ClN4OS/c28-20-13-7-12-19(14-20)23-21(15-29)26(31)32-27(22(23)16-30)34-25(18-10-5-2-6-11-18)24(33)17-8-3-1-4-9-17/h1-14,25H,(H2,31,32). The molecule has 1 atom stereocenters. The highest BCUT2D eigenvalue weighted by Gasteiger charge is 2.28. The molecule has 0 aliphatic heterocycles. The summed E-state index contributed by atoms with van der Waals surface area (Å²) in [6.45, 7) is 0. The highest BCUT2D eigenvalue weighted by molar-refractivity contribution is 8.00. The van der Waals surface area contributed by atoms with Gasteiger partial charge in [0.2, 0.25) is 0 Å². The Bertz CT molecular complexity index is 1440. The summed E-state index contributed by atoms with van der Waals surface area (Å²) in [6.07, 6.45) is 0. The maximum Gasteiger partial charge on any atom is 0.180 e. The predicted molar refractivity (Wildman–Crippen MR) is 134 cm³/mol. The van der Waals surface area contributed by atoms with E-state index in [1.54, 1.807) is 48.5 Å². The number of hydrogen-bond acceptors (Lipinski definition) is 6. The minimum Gasteiger partial charge on any atom is -0.383 e. The smallest absolute Gasteiger partial charge is 0.180 e. The maximum atomic E-state index is 13.5. The molecule has 3 aromatic carbocycles. The van der Waals surface area contributed by atoms with Crippen molar-refractivity contribution in [2.24, 2.45) is 0 Å². The van der Waals surface area contributed by atoms with E-state index in [9.17, 15) is 15.3 Å². The van der Waals surface area contributed by atoms with E-state index in [2.05, 4.69) is 17.1 Å². The fourth-order valence-corrected chi connectivity index (χ4v) is 4.95. The molecule has 34 heavy (non-hydrogen) atoms. The third-order valence-corrected chi connectivity index (χ3v) is 6.63. The van der Waals surface area contributed by atoms with E-state index in [1.807, 2.05) is 36.4 Å². The predicted octanol–water partition coefficient (Wildman–Crippen LogP) is 6.44. The van der Waals surface area contributed by atoms with Crippen LogP contribution in [-0.4, -0.2) is 10.8 Å². The van der Waals surface area contributed by atoms with E-state index in [0.29, 0.717) is 21.7 Å². The molecule has 0 fully saturated rings. The zero-order chi connectivity index (χ0) is 24.1. The molecule has 4 aromatic rings. The van der Waals surface area contributed by atoms with Crippen LogP contribution in [0.2, 0.25) is 5.02 Å². The molecule has 0 aliphatic rings. The number of hydrogen-bond donors (Lipinski definition) is 1. The SMILES string of the molecule is N#Cc1c(N)nc(SC(C(=O)c2ccccc2)c2ccccc2)c(C#N)c1-c1cccc(Cl)c1. The second kappa shape index (κ2) is 10.2. The quantitative estimate of drug-likeness (QED) is 0.251. The average Bonchev–Trinajstić information content (AvgIpc) is 2.87. The molecule has 5 nitrogen and oxygen atoms in total. The zero-order valence-electron chi connectivity index (χ0n) is 17.8. The number of nitriles is 2. The minimum atomic E-state index is -0.678. The van der Waals surface area contributed by atoms with Gasteiger partial charge in [-0.05, 0) is 23.3 Å². The van der Waals surface area contributed by atoms with Crippen LogP contribution < -0.4 is 5.73 Å². The van der Waals surface area contributed by atoms with Crippen molar-refractivity contribution in [1.82, 2.24) is 4.98 Å². The molecule has 0 radical (unpaired) electrons. The normalized spacial score (nSPS) is 11.3. The number of anilines is 1. The van der Waals surface area contributed by atoms with Crippen LogP contribution in [0.4, 0.5) is 5.82 Å². The highest BCUT2D eigenvalue weighted by Crippen LogP contribution is 2.42. The van der Waals surface area contributed by atoms with Crippen LogP contribution in [0.1, 0.15) is 32.3 Å². The molecular weight excluding hydrogens is 464 g/mol. The molecular formula is C27H17ClN4OS. The minimum absolute atomic E-state index is 0.0158. The summed E-state index contributed by atoms with van der Waals surface area (Å²) in [5.74, 6) is -0.146. The van der Waals surface area contributed by atoms with Crippen LogP contribution >= 0.6 is 23.4 Å². The van der Waals surface area contributed by atoms with Crippen molar-refractivity contribution in [3.63, 3.8) is 0 Å². The van der Waals surface area contributed by atoms with Gasteiger partial charge in [0, 0.05) is 16.1 Å². The largest absolute Gasteiger partial charge is 0.383 e. The molecule has 0 bridgehead atoms. The van der Waals surface area contributed by atoms with Crippen molar-refractivity contribution in [3.8, 4) is 23.3 Å². The van der Waals surface area contributed by atoms with Gasteiger partial charge < -0.3 is 5.73 Å². The van der Waals surface area contributed by atoms with Gasteiger partial charge >= 0.3 is 0 Å². The van der Waals surface area contributed by atoms with Gasteiger partial charge in [0.05, 0.1) is 10.8 Å². The van der Waals surface area contributed by atoms with Gasteiger partial charge in [0.15, 0.2) is 5.78 Å². The monoisotopic (exact) mass is 480 g/mol. The number of halogens is 1. The molecule has 0 saturated heterocycles. The summed E-state index contributed by atoms with van der Waals surface area (Å²) < 4.78 is 0. The third kappa shape index (κ3) is 4.65. The molecule has 1 aromatic heterocycles. The lowest BCUT2D eigenvalue weighted by molar-refractivity contribution is 0.0989. The number of nitrogen functional groups attached to an aromatic ring is 1. The fourth-order valence-electron chi connectivity index (χ4n) is 3.58. The second-order valence-corrected chi connectivity index (χ2v) is 8.83. The van der Waals surface area contributed by atoms with Crippen molar-refractivity contribution in [1.29, 1.82) is 10.5 Å². The molecule has 2 N–H and O–H groups in total. The van der Waals surface area contributed by atoms with Crippen LogP contribution in [0.25, 0.3) is 11.1 Å². The summed E-state index contributed by atoms with van der Waals surface area (Å²) in [6, 6.07) is 29.3. The Morgan fingerprint density at radius 1 is 0.912 bits per heavy atom. The molecule has 1 heterocycles. The Morgan fingerprint density at radius 2 is 1.56 bits per heavy atom. The van der Waals surface area contributed by atoms with Gasteiger partial charge in [-0.25, -0.2) is 4.98 Å². The number of rotatable bonds is 6. The van der Waals surface area contributed by atoms with Gasteiger partial charge in [0.1, 0.15) is 28.5 Å². The van der Waals surface area contributed by atoms with Crippen molar-refractivity contribution >= 4 is 35.0 Å². The molecule has 0 saturated carbocycles. The van der Waals surface area contributed by atoms with Gasteiger partial charge in [0.25, 0.3) is 0 Å². The number of carbonyl (C=O) groups excluding carboxylic acids is 1. The third-order valence-electron chi connectivity index (χ3n) is 5.16. The first-order valence-corrected chi connectivity index (χ1v) is 11.5. The molecule has 0 aliphatic carbocycles. The summed E-state index contributed by atoms with van der Waals surface area (Å²) in [5.41, 5.74) is 8.64. The Balaban J connectivity index is 1.90. The molecule has 164 valence electrons. The molecule has 7 heteroatoms. The van der Waals surface area contributed by atoms with Crippen molar-refractivity contribution in [2.75, 3.05) is 5.73 Å². The number of benzene rings is 3. The molecule has 1 unspecified atom stereocenters. The maximum absolute atomic E-state index is 13.5. The first kappa shape index (κ1) is 23.1. The second-order valence-electron chi connectivity index (χ2n) is 7.30. The van der Waals surface area contributed by atoms with Crippen molar-refractivity contribution in [3.05, 3.63) is 112 Å². The van der Waals surface area contributed by atoms with Crippen molar-refractivity contribution < 1.29 is 4.79 Å². The lowest BCUT2D eigenvalue weighted by atomic mass is 9.97. The summed E-state index contributed by atoms with van der Waals surface area (Å²) >= 11 is 7.31. The number of nitrogens with two attached hydrogens (primary N) is 1.